The second kappa shape index (κ2) is 6.00. The maximum absolute atomic E-state index is 11.3. The summed E-state index contributed by atoms with van der Waals surface area (Å²) in [6.45, 7) is 0.454. The fraction of sp³-hybridized carbons (Fsp3) is 0.417. The van der Waals surface area contributed by atoms with Crippen molar-refractivity contribution in [1.29, 1.82) is 0 Å². The number of carboxylic acid groups (broad SMARTS) is 1. The number of hydrogen-bond donors (Lipinski definition) is 1. The third kappa shape index (κ3) is 2.79. The van der Waals surface area contributed by atoms with Crippen LogP contribution in [0.3, 0.4) is 0 Å². The molecule has 1 heterocycles. The number of nitro groups is 1. The van der Waals surface area contributed by atoms with Crippen molar-refractivity contribution in [2.75, 3.05) is 30.1 Å². The third-order valence-electron chi connectivity index (χ3n) is 3.10. The van der Waals surface area contributed by atoms with Gasteiger partial charge in [-0.2, -0.15) is 11.8 Å². The van der Waals surface area contributed by atoms with Gasteiger partial charge in [-0.05, 0) is 6.07 Å². The minimum atomic E-state index is -0.977. The first-order valence-electron chi connectivity index (χ1n) is 5.94. The van der Waals surface area contributed by atoms with Crippen molar-refractivity contribution >= 4 is 29.1 Å². The normalized spacial score (nSPS) is 18.6. The maximum Gasteiger partial charge on any atom is 0.327 e. The van der Waals surface area contributed by atoms with Crippen molar-refractivity contribution < 1.29 is 19.6 Å². The molecule has 1 N–H and O–H groups in total. The van der Waals surface area contributed by atoms with Gasteiger partial charge in [0.15, 0.2) is 0 Å². The molecule has 1 aromatic carbocycles. The van der Waals surface area contributed by atoms with E-state index >= 15 is 0 Å². The van der Waals surface area contributed by atoms with Gasteiger partial charge < -0.3 is 14.7 Å². The zero-order valence-corrected chi connectivity index (χ0v) is 11.6. The molecule has 0 radical (unpaired) electrons. The van der Waals surface area contributed by atoms with Crippen LogP contribution in [0, 0.1) is 10.1 Å². The molecule has 0 aromatic heterocycles. The van der Waals surface area contributed by atoms with Crippen LogP contribution in [0.1, 0.15) is 0 Å². The van der Waals surface area contributed by atoms with Crippen LogP contribution < -0.4 is 9.64 Å². The minimum absolute atomic E-state index is 0.107. The van der Waals surface area contributed by atoms with Gasteiger partial charge in [-0.15, -0.1) is 0 Å². The summed E-state index contributed by atoms with van der Waals surface area (Å²) in [7, 11) is 1.46. The number of methoxy groups -OCH3 is 1. The molecule has 7 nitrogen and oxygen atoms in total. The molecule has 1 aliphatic rings. The van der Waals surface area contributed by atoms with Crippen LogP contribution in [-0.4, -0.2) is 47.2 Å². The molecule has 0 bridgehead atoms. The summed E-state index contributed by atoms with van der Waals surface area (Å²) in [5, 5.41) is 20.4. The topological polar surface area (TPSA) is 92.9 Å². The zero-order valence-electron chi connectivity index (χ0n) is 10.8. The first-order chi connectivity index (χ1) is 9.54. The van der Waals surface area contributed by atoms with Crippen molar-refractivity contribution in [1.82, 2.24) is 0 Å². The number of benzene rings is 1. The molecule has 2 rings (SSSR count). The molecule has 108 valence electrons. The van der Waals surface area contributed by atoms with E-state index in [-0.39, 0.29) is 5.69 Å². The first-order valence-corrected chi connectivity index (χ1v) is 7.09. The highest BCUT2D eigenvalue weighted by Gasteiger charge is 2.33. The molecule has 1 aromatic rings. The lowest BCUT2D eigenvalue weighted by atomic mass is 10.2. The van der Waals surface area contributed by atoms with Gasteiger partial charge in [0.2, 0.25) is 0 Å². The van der Waals surface area contributed by atoms with Crippen LogP contribution in [0.25, 0.3) is 0 Å². The van der Waals surface area contributed by atoms with Crippen molar-refractivity contribution in [3.63, 3.8) is 0 Å². The largest absolute Gasteiger partial charge is 0.497 e. The van der Waals surface area contributed by atoms with Gasteiger partial charge in [-0.25, -0.2) is 4.79 Å². The Morgan fingerprint density at radius 2 is 2.35 bits per heavy atom. The molecule has 1 atom stereocenters. The van der Waals surface area contributed by atoms with Gasteiger partial charge in [0.1, 0.15) is 17.5 Å². The van der Waals surface area contributed by atoms with E-state index in [9.17, 15) is 20.0 Å². The standard InChI is InChI=1S/C12H14N2O5S/c1-19-8-2-3-9(14(17)18)10(6-8)13-4-5-20-7-11(13)12(15)16/h2-3,6,11H,4-5,7H2,1H3,(H,15,16). The fourth-order valence-electron chi connectivity index (χ4n) is 2.11. The number of hydrogen-bond acceptors (Lipinski definition) is 6. The Balaban J connectivity index is 2.47. The Morgan fingerprint density at radius 3 is 2.95 bits per heavy atom. The van der Waals surface area contributed by atoms with Gasteiger partial charge in [-0.1, -0.05) is 0 Å². The van der Waals surface area contributed by atoms with Gasteiger partial charge in [0.05, 0.1) is 12.0 Å². The van der Waals surface area contributed by atoms with Gasteiger partial charge >= 0.3 is 5.97 Å². The van der Waals surface area contributed by atoms with E-state index in [2.05, 4.69) is 0 Å². The Morgan fingerprint density at radius 1 is 1.60 bits per heavy atom. The molecule has 8 heteroatoms. The number of rotatable bonds is 4. The average molecular weight is 298 g/mol. The predicted octanol–water partition coefficient (Wildman–Crippen LogP) is 1.61. The highest BCUT2D eigenvalue weighted by molar-refractivity contribution is 7.99. The average Bonchev–Trinajstić information content (AvgIpc) is 2.46. The number of anilines is 1. The number of nitrogens with zero attached hydrogens (tertiary/aromatic N) is 2. The highest BCUT2D eigenvalue weighted by atomic mass is 32.2. The summed E-state index contributed by atoms with van der Waals surface area (Å²) < 4.78 is 5.07. The number of thioether (sulfide) groups is 1. The monoisotopic (exact) mass is 298 g/mol. The predicted molar refractivity (Wildman–Crippen MR) is 75.7 cm³/mol. The SMILES string of the molecule is COc1ccc([N+](=O)[O-])c(N2CCSCC2C(=O)O)c1. The lowest BCUT2D eigenvalue weighted by Crippen LogP contribution is -2.47. The molecule has 1 fully saturated rings. The quantitative estimate of drug-likeness (QED) is 0.666. The summed E-state index contributed by atoms with van der Waals surface area (Å²) in [5.41, 5.74) is 0.186. The van der Waals surface area contributed by atoms with Gasteiger partial charge in [-0.3, -0.25) is 10.1 Å². The molecule has 1 saturated heterocycles. The molecular formula is C12H14N2O5S. The van der Waals surface area contributed by atoms with Crippen LogP contribution >= 0.6 is 11.8 Å². The molecule has 0 spiro atoms. The van der Waals surface area contributed by atoms with Gasteiger partial charge in [0.25, 0.3) is 5.69 Å². The number of carbonyl (C=O) groups is 1. The van der Waals surface area contributed by atoms with Crippen LogP contribution in [-0.2, 0) is 4.79 Å². The lowest BCUT2D eigenvalue weighted by Gasteiger charge is -2.34. The smallest absolute Gasteiger partial charge is 0.327 e. The maximum atomic E-state index is 11.3. The molecular weight excluding hydrogens is 284 g/mol. The van der Waals surface area contributed by atoms with Crippen LogP contribution in [0.2, 0.25) is 0 Å². The number of carboxylic acids is 1. The summed E-state index contributed by atoms with van der Waals surface area (Å²) in [6.07, 6.45) is 0. The first kappa shape index (κ1) is 14.4. The number of ether oxygens (including phenoxy) is 1. The van der Waals surface area contributed by atoms with Crippen molar-refractivity contribution in [2.24, 2.45) is 0 Å². The van der Waals surface area contributed by atoms with E-state index < -0.39 is 16.9 Å². The van der Waals surface area contributed by atoms with Gasteiger partial charge in [0, 0.05) is 30.2 Å². The Hall–Kier alpha value is -1.96. The fourth-order valence-corrected chi connectivity index (χ4v) is 3.15. The summed E-state index contributed by atoms with van der Waals surface area (Å²) in [5.74, 6) is 0.629. The van der Waals surface area contributed by atoms with E-state index in [1.165, 1.54) is 37.1 Å². The minimum Gasteiger partial charge on any atom is -0.497 e. The molecule has 0 amide bonds. The summed E-state index contributed by atoms with van der Waals surface area (Å²) >= 11 is 1.53. The number of aliphatic carboxylic acids is 1. The van der Waals surface area contributed by atoms with Crippen LogP contribution in [0.4, 0.5) is 11.4 Å². The zero-order chi connectivity index (χ0) is 14.7. The molecule has 0 saturated carbocycles. The number of nitro benzene ring substituents is 1. The molecule has 1 aliphatic heterocycles. The molecule has 1 unspecified atom stereocenters. The van der Waals surface area contributed by atoms with Crippen molar-refractivity contribution in [3.8, 4) is 5.75 Å². The second-order valence-corrected chi connectivity index (χ2v) is 5.38. The summed E-state index contributed by atoms with van der Waals surface area (Å²) in [4.78, 5) is 23.5. The van der Waals surface area contributed by atoms with E-state index in [1.54, 1.807) is 4.90 Å². The van der Waals surface area contributed by atoms with E-state index in [0.29, 0.717) is 23.7 Å². The summed E-state index contributed by atoms with van der Waals surface area (Å²) in [6, 6.07) is 3.59. The van der Waals surface area contributed by atoms with Crippen LogP contribution in [0.15, 0.2) is 18.2 Å². The highest BCUT2D eigenvalue weighted by Crippen LogP contribution is 2.35. The van der Waals surface area contributed by atoms with Crippen molar-refractivity contribution in [2.45, 2.75) is 6.04 Å². The van der Waals surface area contributed by atoms with E-state index in [1.807, 2.05) is 0 Å². The molecule has 0 aliphatic carbocycles. The second-order valence-electron chi connectivity index (χ2n) is 4.23. The Kier molecular flexibility index (Phi) is 4.33. The molecule has 20 heavy (non-hydrogen) atoms. The lowest BCUT2D eigenvalue weighted by molar-refractivity contribution is -0.384. The van der Waals surface area contributed by atoms with Crippen molar-refractivity contribution in [3.05, 3.63) is 28.3 Å². The van der Waals surface area contributed by atoms with E-state index in [4.69, 9.17) is 4.74 Å². The van der Waals surface area contributed by atoms with E-state index in [0.717, 1.165) is 5.75 Å². The Bertz CT molecular complexity index is 537. The Labute approximate surface area is 119 Å². The third-order valence-corrected chi connectivity index (χ3v) is 4.12. The van der Waals surface area contributed by atoms with Crippen LogP contribution in [0.5, 0.6) is 5.75 Å².